The number of rotatable bonds is 4. The molecule has 1 heterocycles. The highest BCUT2D eigenvalue weighted by molar-refractivity contribution is 5.32. The van der Waals surface area contributed by atoms with Crippen molar-refractivity contribution in [1.29, 1.82) is 0 Å². The fourth-order valence-electron chi connectivity index (χ4n) is 2.41. The maximum Gasteiger partial charge on any atom is 0.290 e. The van der Waals surface area contributed by atoms with Crippen LogP contribution in [0.15, 0.2) is 24.3 Å². The van der Waals surface area contributed by atoms with Crippen LogP contribution in [0.3, 0.4) is 0 Å². The minimum absolute atomic E-state index is 0.0370. The van der Waals surface area contributed by atoms with E-state index in [9.17, 15) is 10.2 Å². The molecule has 0 saturated carbocycles. The molecular weight excluding hydrogens is 274 g/mol. The van der Waals surface area contributed by atoms with Crippen LogP contribution in [-0.4, -0.2) is 64.1 Å². The van der Waals surface area contributed by atoms with Crippen LogP contribution in [-0.2, 0) is 11.2 Å². The van der Waals surface area contributed by atoms with Crippen molar-refractivity contribution in [1.82, 2.24) is 4.90 Å². The van der Waals surface area contributed by atoms with E-state index in [0.717, 1.165) is 25.9 Å². The number of aliphatic hydroxyl groups excluding tert-OH is 2. The van der Waals surface area contributed by atoms with Gasteiger partial charge in [-0.1, -0.05) is 12.1 Å². The van der Waals surface area contributed by atoms with Crippen molar-refractivity contribution in [3.05, 3.63) is 29.8 Å². The first kappa shape index (κ1) is 17.4. The van der Waals surface area contributed by atoms with Gasteiger partial charge in [-0.15, -0.1) is 0 Å². The van der Waals surface area contributed by atoms with E-state index in [-0.39, 0.29) is 24.7 Å². The number of nitrogens with zero attached hydrogens (tertiary/aromatic N) is 1. The Morgan fingerprint density at radius 2 is 1.90 bits per heavy atom. The second-order valence-electron chi connectivity index (χ2n) is 5.12. The monoisotopic (exact) mass is 297 g/mol. The standard InChI is InChI=1S/C14H21NO3.CH2O2/c16-10-12-6-8-15(9-14(12)18)7-5-11-1-3-13(17)4-2-11;2-1-3/h1-4,12,14,16-18H,5-10H2;1H,(H,2,3)/t12-,14-;/m1./s1. The number of carbonyl (C=O) groups is 1. The summed E-state index contributed by atoms with van der Waals surface area (Å²) in [5.74, 6) is 0.327. The van der Waals surface area contributed by atoms with Crippen LogP contribution in [0.5, 0.6) is 5.75 Å². The Bertz CT molecular complexity index is 409. The fraction of sp³-hybridized carbons (Fsp3) is 0.533. The fourth-order valence-corrected chi connectivity index (χ4v) is 2.41. The van der Waals surface area contributed by atoms with Crippen molar-refractivity contribution in [3.63, 3.8) is 0 Å². The molecule has 1 aliphatic heterocycles. The summed E-state index contributed by atoms with van der Waals surface area (Å²) in [6.07, 6.45) is 1.35. The number of β-amino-alcohol motifs (C(OH)–C–C–N with tert-alkyl or cyclic N) is 1. The van der Waals surface area contributed by atoms with E-state index in [1.54, 1.807) is 12.1 Å². The molecule has 2 atom stereocenters. The molecule has 0 radical (unpaired) electrons. The van der Waals surface area contributed by atoms with Crippen LogP contribution in [0, 0.1) is 5.92 Å². The van der Waals surface area contributed by atoms with E-state index in [0.29, 0.717) is 6.54 Å². The lowest BCUT2D eigenvalue weighted by Gasteiger charge is -2.35. The van der Waals surface area contributed by atoms with Crippen molar-refractivity contribution in [2.45, 2.75) is 18.9 Å². The molecule has 6 nitrogen and oxygen atoms in total. The predicted molar refractivity (Wildman–Crippen MR) is 78.1 cm³/mol. The zero-order chi connectivity index (χ0) is 15.7. The summed E-state index contributed by atoms with van der Waals surface area (Å²) in [5.41, 5.74) is 1.19. The number of hydrogen-bond acceptors (Lipinski definition) is 5. The summed E-state index contributed by atoms with van der Waals surface area (Å²) in [5, 5.41) is 35.0. The summed E-state index contributed by atoms with van der Waals surface area (Å²) in [4.78, 5) is 10.6. The maximum atomic E-state index is 9.84. The van der Waals surface area contributed by atoms with Crippen LogP contribution in [0.2, 0.25) is 0 Å². The van der Waals surface area contributed by atoms with Crippen molar-refractivity contribution < 1.29 is 25.2 Å². The highest BCUT2D eigenvalue weighted by Gasteiger charge is 2.26. The summed E-state index contributed by atoms with van der Waals surface area (Å²) in [7, 11) is 0. The van der Waals surface area contributed by atoms with Crippen LogP contribution in [0.4, 0.5) is 0 Å². The van der Waals surface area contributed by atoms with Crippen LogP contribution in [0.1, 0.15) is 12.0 Å². The van der Waals surface area contributed by atoms with E-state index in [1.165, 1.54) is 5.56 Å². The molecule has 118 valence electrons. The minimum Gasteiger partial charge on any atom is -0.508 e. The summed E-state index contributed by atoms with van der Waals surface area (Å²) >= 11 is 0. The number of hydrogen-bond donors (Lipinski definition) is 4. The van der Waals surface area contributed by atoms with Gasteiger partial charge in [-0.3, -0.25) is 4.79 Å². The Morgan fingerprint density at radius 1 is 1.29 bits per heavy atom. The van der Waals surface area contributed by atoms with E-state index in [1.807, 2.05) is 12.1 Å². The van der Waals surface area contributed by atoms with E-state index >= 15 is 0 Å². The number of piperidine rings is 1. The molecule has 1 aromatic carbocycles. The third-order valence-electron chi connectivity index (χ3n) is 3.69. The van der Waals surface area contributed by atoms with Gasteiger partial charge in [0.25, 0.3) is 6.47 Å². The Morgan fingerprint density at radius 3 is 2.43 bits per heavy atom. The van der Waals surface area contributed by atoms with Gasteiger partial charge in [0, 0.05) is 25.6 Å². The highest BCUT2D eigenvalue weighted by Crippen LogP contribution is 2.18. The molecule has 0 aliphatic carbocycles. The quantitative estimate of drug-likeness (QED) is 0.597. The molecular formula is C15H23NO5. The molecule has 1 saturated heterocycles. The van der Waals surface area contributed by atoms with Gasteiger partial charge < -0.3 is 25.3 Å². The minimum atomic E-state index is -0.413. The van der Waals surface area contributed by atoms with Gasteiger partial charge in [0.05, 0.1) is 6.10 Å². The molecule has 0 aromatic heterocycles. The second kappa shape index (κ2) is 9.33. The van der Waals surface area contributed by atoms with E-state index in [4.69, 9.17) is 15.0 Å². The number of carboxylic acid groups (broad SMARTS) is 1. The molecule has 0 spiro atoms. The van der Waals surface area contributed by atoms with Crippen molar-refractivity contribution >= 4 is 6.47 Å². The first-order chi connectivity index (χ1) is 10.1. The Labute approximate surface area is 124 Å². The van der Waals surface area contributed by atoms with Gasteiger partial charge in [-0.05, 0) is 37.1 Å². The van der Waals surface area contributed by atoms with Crippen LogP contribution in [0.25, 0.3) is 0 Å². The Kier molecular flexibility index (Phi) is 7.74. The lowest BCUT2D eigenvalue weighted by molar-refractivity contribution is -0.122. The summed E-state index contributed by atoms with van der Waals surface area (Å²) in [6.45, 7) is 2.30. The van der Waals surface area contributed by atoms with Crippen molar-refractivity contribution in [2.75, 3.05) is 26.2 Å². The van der Waals surface area contributed by atoms with Gasteiger partial charge >= 0.3 is 0 Å². The smallest absolute Gasteiger partial charge is 0.290 e. The molecule has 6 heteroatoms. The second-order valence-corrected chi connectivity index (χ2v) is 5.12. The van der Waals surface area contributed by atoms with E-state index < -0.39 is 6.10 Å². The lowest BCUT2D eigenvalue weighted by Crippen LogP contribution is -2.45. The molecule has 1 aromatic rings. The number of phenols is 1. The predicted octanol–water partition coefficient (Wildman–Crippen LogP) is 0.311. The lowest BCUT2D eigenvalue weighted by atomic mass is 9.94. The van der Waals surface area contributed by atoms with Gasteiger partial charge in [-0.25, -0.2) is 0 Å². The number of aromatic hydroxyl groups is 1. The SMILES string of the molecule is O=CO.OC[C@H]1CCN(CCc2ccc(O)cc2)C[C@H]1O. The van der Waals surface area contributed by atoms with Crippen LogP contribution >= 0.6 is 0 Å². The normalized spacial score (nSPS) is 22.2. The molecule has 0 amide bonds. The molecule has 2 rings (SSSR count). The van der Waals surface area contributed by atoms with Gasteiger partial charge in [-0.2, -0.15) is 0 Å². The van der Waals surface area contributed by atoms with Crippen LogP contribution < -0.4 is 0 Å². The third-order valence-corrected chi connectivity index (χ3v) is 3.69. The molecule has 21 heavy (non-hydrogen) atoms. The maximum absolute atomic E-state index is 9.84. The average molecular weight is 297 g/mol. The van der Waals surface area contributed by atoms with Crippen molar-refractivity contribution in [3.8, 4) is 5.75 Å². The molecule has 0 unspecified atom stereocenters. The average Bonchev–Trinajstić information content (AvgIpc) is 2.48. The summed E-state index contributed by atoms with van der Waals surface area (Å²) < 4.78 is 0. The van der Waals surface area contributed by atoms with Gasteiger partial charge in [0.15, 0.2) is 0 Å². The topological polar surface area (TPSA) is 101 Å². The molecule has 4 N–H and O–H groups in total. The number of likely N-dealkylation sites (tertiary alicyclic amines) is 1. The first-order valence-corrected chi connectivity index (χ1v) is 6.97. The number of phenolic OH excluding ortho intramolecular Hbond substituents is 1. The zero-order valence-electron chi connectivity index (χ0n) is 11.9. The third kappa shape index (κ3) is 6.12. The number of aliphatic hydroxyl groups is 2. The molecule has 1 fully saturated rings. The Balaban J connectivity index is 0.000000677. The summed E-state index contributed by atoms with van der Waals surface area (Å²) in [6, 6.07) is 7.24. The highest BCUT2D eigenvalue weighted by atomic mass is 16.3. The van der Waals surface area contributed by atoms with E-state index in [2.05, 4.69) is 4.90 Å². The Hall–Kier alpha value is -1.63. The molecule has 0 bridgehead atoms. The first-order valence-electron chi connectivity index (χ1n) is 6.97. The molecule has 1 aliphatic rings. The van der Waals surface area contributed by atoms with Crippen molar-refractivity contribution in [2.24, 2.45) is 5.92 Å². The van der Waals surface area contributed by atoms with Gasteiger partial charge in [0.2, 0.25) is 0 Å². The number of benzene rings is 1. The zero-order valence-corrected chi connectivity index (χ0v) is 11.9. The van der Waals surface area contributed by atoms with Gasteiger partial charge in [0.1, 0.15) is 5.75 Å². The largest absolute Gasteiger partial charge is 0.508 e.